The molecule has 0 atom stereocenters. The predicted octanol–water partition coefficient (Wildman–Crippen LogP) is 11.6. The molecule has 3 N–H and O–H groups in total. The van der Waals surface area contributed by atoms with Crippen molar-refractivity contribution >= 4 is 87.5 Å². The number of hydrogen-bond donors (Lipinski definition) is 3. The fraction of sp³-hybridized carbons (Fsp3) is 0.259. The SMILES string of the molecule is CN1CCN(c2nc(N(C)C)ncc2Oc2ccc(Cl)cc2)CC1.Clc1ccc(Oc2cnc(Nc3ccccc3)nc2N2CCOCC2)cc1.O=C(Nc1ccccc1)Nc1ncc(Oc2ccc(Cl)cc2)c(N2CCOCC2)n1. The topological polar surface area (TPSA) is 193 Å². The molecule has 0 saturated carbocycles. The number of carbonyl (C=O) groups is 1. The standard InChI is InChI=1S/C21H20ClN5O3.C20H19ClN4O2.C17H22ClN5O/c22-15-6-8-17(9-7-15)30-18-14-23-20(25-19(18)27-10-12-29-13-11-27)26-21(28)24-16-4-2-1-3-5-16;21-15-6-8-17(9-7-15)27-18-14-22-20(23-16-4-2-1-3-5-16)24-19(18)25-10-12-26-13-11-25;1-21(2)17-19-12-15(24-14-6-4-13(18)5-7-14)16(20-17)23-10-8-22(3)9-11-23/h1-9,14H,10-13H2,(H2,23,24,25,26,28);1-9,14H,10-13H2,(H,22,23,24);4-7,12H,8-11H2,1-3H3. The molecular weight excluding hydrogens is 1100 g/mol. The highest BCUT2D eigenvalue weighted by Gasteiger charge is 2.24. The fourth-order valence-corrected chi connectivity index (χ4v) is 8.58. The Morgan fingerprint density at radius 3 is 1.33 bits per heavy atom. The molecule has 8 aromatic rings. The number of carbonyl (C=O) groups excluding carboxylic acids is 1. The van der Waals surface area contributed by atoms with E-state index in [1.54, 1.807) is 67.1 Å². The lowest BCUT2D eigenvalue weighted by molar-refractivity contribution is 0.122. The Kier molecular flexibility index (Phi) is 20.4. The molecule has 23 heteroatoms. The molecule has 6 heterocycles. The number of nitrogens with one attached hydrogen (secondary N) is 3. The molecule has 3 saturated heterocycles. The number of anilines is 8. The summed E-state index contributed by atoms with van der Waals surface area (Å²) in [6.07, 6.45) is 4.98. The normalized spacial score (nSPS) is 14.3. The van der Waals surface area contributed by atoms with Gasteiger partial charge >= 0.3 is 6.03 Å². The minimum atomic E-state index is -0.430. The molecule has 3 aliphatic rings. The van der Waals surface area contributed by atoms with E-state index in [9.17, 15) is 4.79 Å². The van der Waals surface area contributed by atoms with Crippen LogP contribution in [0.1, 0.15) is 0 Å². The Labute approximate surface area is 485 Å². The van der Waals surface area contributed by atoms with E-state index in [0.29, 0.717) is 107 Å². The van der Waals surface area contributed by atoms with Crippen molar-refractivity contribution in [1.29, 1.82) is 0 Å². The van der Waals surface area contributed by atoms with E-state index in [1.807, 2.05) is 109 Å². The average Bonchev–Trinajstić information content (AvgIpc) is 3.57. The van der Waals surface area contributed by atoms with Crippen molar-refractivity contribution in [2.45, 2.75) is 0 Å². The van der Waals surface area contributed by atoms with Gasteiger partial charge < -0.3 is 58.8 Å². The summed E-state index contributed by atoms with van der Waals surface area (Å²) >= 11 is 17.8. The number of hydrogen-bond acceptors (Lipinski definition) is 18. The molecule has 0 aliphatic carbocycles. The zero-order valence-corrected chi connectivity index (χ0v) is 47.2. The van der Waals surface area contributed by atoms with Gasteiger partial charge in [0.1, 0.15) is 17.2 Å². The van der Waals surface area contributed by atoms with Crippen LogP contribution in [0.4, 0.5) is 51.5 Å². The number of halogens is 3. The predicted molar refractivity (Wildman–Crippen MR) is 320 cm³/mol. The Morgan fingerprint density at radius 2 is 0.877 bits per heavy atom. The van der Waals surface area contributed by atoms with E-state index in [0.717, 1.165) is 62.3 Å². The highest BCUT2D eigenvalue weighted by Crippen LogP contribution is 2.35. The summed E-state index contributed by atoms with van der Waals surface area (Å²) < 4.78 is 28.9. The molecule has 3 aliphatic heterocycles. The average molecular weight is 1160 g/mol. The van der Waals surface area contributed by atoms with Gasteiger partial charge in [-0.25, -0.2) is 19.7 Å². The van der Waals surface area contributed by atoms with Crippen molar-refractivity contribution in [2.75, 3.05) is 135 Å². The summed E-state index contributed by atoms with van der Waals surface area (Å²) in [5, 5.41) is 10.6. The van der Waals surface area contributed by atoms with Crippen LogP contribution in [0.2, 0.25) is 15.1 Å². The minimum absolute atomic E-state index is 0.174. The molecule has 11 rings (SSSR count). The number of urea groups is 1. The lowest BCUT2D eigenvalue weighted by Crippen LogP contribution is -2.45. The maximum atomic E-state index is 12.3. The molecule has 0 unspecified atom stereocenters. The molecule has 0 bridgehead atoms. The second kappa shape index (κ2) is 28.8. The van der Waals surface area contributed by atoms with Crippen LogP contribution < -0.4 is 49.8 Å². The lowest BCUT2D eigenvalue weighted by Gasteiger charge is -2.34. The van der Waals surface area contributed by atoms with Crippen molar-refractivity contribution in [3.05, 3.63) is 167 Å². The number of benzene rings is 5. The van der Waals surface area contributed by atoms with Crippen LogP contribution >= 0.6 is 34.8 Å². The highest BCUT2D eigenvalue weighted by molar-refractivity contribution is 6.31. The Hall–Kier alpha value is -8.24. The third-order valence-corrected chi connectivity index (χ3v) is 13.2. The lowest BCUT2D eigenvalue weighted by atomic mass is 10.3. The van der Waals surface area contributed by atoms with E-state index in [2.05, 4.69) is 57.6 Å². The van der Waals surface area contributed by atoms with Crippen molar-refractivity contribution in [2.24, 2.45) is 0 Å². The number of para-hydroxylation sites is 2. The second-order valence-electron chi connectivity index (χ2n) is 18.6. The molecule has 0 spiro atoms. The van der Waals surface area contributed by atoms with Gasteiger partial charge in [-0.2, -0.15) is 15.0 Å². The van der Waals surface area contributed by atoms with Gasteiger partial charge in [0.15, 0.2) is 34.7 Å². The van der Waals surface area contributed by atoms with Gasteiger partial charge in [-0.3, -0.25) is 5.32 Å². The van der Waals surface area contributed by atoms with Crippen LogP contribution in [0.25, 0.3) is 0 Å². The highest BCUT2D eigenvalue weighted by atomic mass is 35.5. The molecule has 81 heavy (non-hydrogen) atoms. The molecule has 2 amide bonds. The quantitative estimate of drug-likeness (QED) is 0.0930. The van der Waals surface area contributed by atoms with Crippen LogP contribution in [0.5, 0.6) is 34.5 Å². The number of ether oxygens (including phenoxy) is 5. The zero-order valence-electron chi connectivity index (χ0n) is 44.9. The van der Waals surface area contributed by atoms with Crippen molar-refractivity contribution in [3.63, 3.8) is 0 Å². The maximum absolute atomic E-state index is 12.3. The number of amides is 2. The van der Waals surface area contributed by atoms with Crippen molar-refractivity contribution in [1.82, 2.24) is 34.8 Å². The van der Waals surface area contributed by atoms with Crippen LogP contribution in [0.15, 0.2) is 152 Å². The van der Waals surface area contributed by atoms with E-state index in [4.69, 9.17) is 68.5 Å². The van der Waals surface area contributed by atoms with Crippen molar-refractivity contribution in [3.8, 4) is 34.5 Å². The van der Waals surface area contributed by atoms with Gasteiger partial charge in [0.25, 0.3) is 0 Å². The Morgan fingerprint density at radius 1 is 0.481 bits per heavy atom. The minimum Gasteiger partial charge on any atom is -0.452 e. The third kappa shape index (κ3) is 17.1. The number of nitrogens with zero attached hydrogens (tertiary/aromatic N) is 11. The first-order valence-corrected chi connectivity index (χ1v) is 27.2. The van der Waals surface area contributed by atoms with Gasteiger partial charge in [-0.1, -0.05) is 71.2 Å². The van der Waals surface area contributed by atoms with E-state index in [-0.39, 0.29) is 5.95 Å². The van der Waals surface area contributed by atoms with Gasteiger partial charge in [-0.05, 0) is 104 Å². The second-order valence-corrected chi connectivity index (χ2v) is 19.9. The fourth-order valence-electron chi connectivity index (χ4n) is 8.20. The summed E-state index contributed by atoms with van der Waals surface area (Å²) in [5.41, 5.74) is 1.60. The monoisotopic (exact) mass is 1150 g/mol. The Balaban J connectivity index is 0.000000148. The van der Waals surface area contributed by atoms with Gasteiger partial charge in [-0.15, -0.1) is 0 Å². The number of piperazine rings is 1. The summed E-state index contributed by atoms with van der Waals surface area (Å²) in [7, 11) is 6.00. The first-order chi connectivity index (χ1) is 39.5. The molecular formula is C58H61Cl3N14O6. The smallest absolute Gasteiger partial charge is 0.326 e. The van der Waals surface area contributed by atoms with E-state index in [1.165, 1.54) is 0 Å². The van der Waals surface area contributed by atoms with E-state index < -0.39 is 6.03 Å². The van der Waals surface area contributed by atoms with Crippen LogP contribution in [-0.4, -0.2) is 141 Å². The zero-order chi connectivity index (χ0) is 56.3. The molecule has 420 valence electrons. The van der Waals surface area contributed by atoms with Gasteiger partial charge in [0, 0.05) is 92.9 Å². The number of rotatable bonds is 14. The Bertz CT molecular complexity index is 3250. The molecule has 20 nitrogen and oxygen atoms in total. The van der Waals surface area contributed by atoms with Gasteiger partial charge in [0.2, 0.25) is 17.8 Å². The third-order valence-electron chi connectivity index (χ3n) is 12.4. The van der Waals surface area contributed by atoms with Gasteiger partial charge in [0.05, 0.1) is 45.0 Å². The van der Waals surface area contributed by atoms with Crippen LogP contribution in [-0.2, 0) is 9.47 Å². The summed E-state index contributed by atoms with van der Waals surface area (Å²) in [6.45, 7) is 9.13. The summed E-state index contributed by atoms with van der Waals surface area (Å²) in [4.78, 5) is 49.9. The maximum Gasteiger partial charge on any atom is 0.326 e. The number of aromatic nitrogens is 6. The number of morpholine rings is 2. The molecule has 0 radical (unpaired) electrons. The first-order valence-electron chi connectivity index (χ1n) is 26.1. The van der Waals surface area contributed by atoms with Crippen LogP contribution in [0, 0.1) is 0 Å². The van der Waals surface area contributed by atoms with E-state index >= 15 is 0 Å². The first kappa shape index (κ1) is 57.4. The molecule has 5 aromatic carbocycles. The largest absolute Gasteiger partial charge is 0.452 e. The molecule has 3 fully saturated rings. The molecule has 3 aromatic heterocycles. The van der Waals surface area contributed by atoms with Crippen LogP contribution in [0.3, 0.4) is 0 Å². The summed E-state index contributed by atoms with van der Waals surface area (Å²) in [6, 6.07) is 40.1. The summed E-state index contributed by atoms with van der Waals surface area (Å²) in [5.74, 6) is 7.26. The van der Waals surface area contributed by atoms with Crippen molar-refractivity contribution < 1.29 is 28.5 Å². The number of likely N-dealkylation sites (N-methyl/N-ethyl adjacent to an activating group) is 1.